The van der Waals surface area contributed by atoms with Crippen molar-refractivity contribution in [1.82, 2.24) is 4.90 Å². The highest BCUT2D eigenvalue weighted by Crippen LogP contribution is 2.19. The molecule has 134 valence electrons. The first-order valence-electron chi connectivity index (χ1n) is 8.34. The standard InChI is InChI=1S/C17H26N2O4S/c1-24(21,22)16-9-7-15(8-10-16)23-12-3-2-6-17(20)19-11-4-5-14(19)13-18/h7-10,14H,2-6,11-13,18H2,1H3. The number of unbranched alkanes of at least 4 members (excludes halogenated alkanes) is 1. The Morgan fingerprint density at radius 2 is 2.00 bits per heavy atom. The van der Waals surface area contributed by atoms with E-state index in [2.05, 4.69) is 0 Å². The quantitative estimate of drug-likeness (QED) is 0.716. The molecule has 0 radical (unpaired) electrons. The maximum absolute atomic E-state index is 12.2. The minimum absolute atomic E-state index is 0.181. The molecule has 1 fully saturated rings. The van der Waals surface area contributed by atoms with Gasteiger partial charge < -0.3 is 15.4 Å². The van der Waals surface area contributed by atoms with Gasteiger partial charge >= 0.3 is 0 Å². The monoisotopic (exact) mass is 354 g/mol. The van der Waals surface area contributed by atoms with Crippen LogP contribution < -0.4 is 10.5 Å². The van der Waals surface area contributed by atoms with Gasteiger partial charge in [-0.1, -0.05) is 0 Å². The summed E-state index contributed by atoms with van der Waals surface area (Å²) in [4.78, 5) is 14.3. The fraction of sp³-hybridized carbons (Fsp3) is 0.588. The van der Waals surface area contributed by atoms with Gasteiger partial charge in [-0.3, -0.25) is 4.79 Å². The second kappa shape index (κ2) is 8.48. The van der Waals surface area contributed by atoms with Gasteiger partial charge in [0.2, 0.25) is 5.91 Å². The molecule has 1 heterocycles. The second-order valence-corrected chi connectivity index (χ2v) is 8.18. The number of benzene rings is 1. The summed E-state index contributed by atoms with van der Waals surface area (Å²) >= 11 is 0. The Kier molecular flexibility index (Phi) is 6.62. The SMILES string of the molecule is CS(=O)(=O)c1ccc(OCCCCC(=O)N2CCCC2CN)cc1. The summed E-state index contributed by atoms with van der Waals surface area (Å²) in [6.45, 7) is 1.87. The number of hydrogen-bond donors (Lipinski definition) is 1. The number of amides is 1. The lowest BCUT2D eigenvalue weighted by atomic mass is 10.2. The molecule has 6 nitrogen and oxygen atoms in total. The molecule has 2 rings (SSSR count). The Morgan fingerprint density at radius 3 is 2.62 bits per heavy atom. The third-order valence-corrected chi connectivity index (χ3v) is 5.40. The van der Waals surface area contributed by atoms with Crippen LogP contribution in [-0.4, -0.2) is 51.2 Å². The first-order valence-corrected chi connectivity index (χ1v) is 10.2. The van der Waals surface area contributed by atoms with E-state index in [1.165, 1.54) is 18.4 Å². The molecule has 1 aliphatic rings. The lowest BCUT2D eigenvalue weighted by Gasteiger charge is -2.23. The fourth-order valence-electron chi connectivity index (χ4n) is 2.90. The van der Waals surface area contributed by atoms with Crippen molar-refractivity contribution in [1.29, 1.82) is 0 Å². The zero-order valence-corrected chi connectivity index (χ0v) is 14.9. The van der Waals surface area contributed by atoms with Gasteiger partial charge in [0.05, 0.1) is 11.5 Å². The average Bonchev–Trinajstić information content (AvgIpc) is 3.02. The normalized spacial score (nSPS) is 17.9. The molecular formula is C17H26N2O4S. The lowest BCUT2D eigenvalue weighted by molar-refractivity contribution is -0.132. The lowest BCUT2D eigenvalue weighted by Crippen LogP contribution is -2.39. The summed E-state index contributed by atoms with van der Waals surface area (Å²) in [5.41, 5.74) is 5.69. The molecular weight excluding hydrogens is 328 g/mol. The third-order valence-electron chi connectivity index (χ3n) is 4.28. The summed E-state index contributed by atoms with van der Waals surface area (Å²) in [5.74, 6) is 0.817. The molecule has 24 heavy (non-hydrogen) atoms. The van der Waals surface area contributed by atoms with Gasteiger partial charge in [0, 0.05) is 31.8 Å². The largest absolute Gasteiger partial charge is 0.494 e. The minimum Gasteiger partial charge on any atom is -0.494 e. The van der Waals surface area contributed by atoms with Crippen LogP contribution in [-0.2, 0) is 14.6 Å². The van der Waals surface area contributed by atoms with Crippen LogP contribution in [0.3, 0.4) is 0 Å². The number of ether oxygens (including phenoxy) is 1. The van der Waals surface area contributed by atoms with Crippen molar-refractivity contribution < 1.29 is 17.9 Å². The molecule has 1 unspecified atom stereocenters. The van der Waals surface area contributed by atoms with E-state index >= 15 is 0 Å². The summed E-state index contributed by atoms with van der Waals surface area (Å²) < 4.78 is 28.3. The molecule has 2 N–H and O–H groups in total. The third kappa shape index (κ3) is 5.21. The predicted molar refractivity (Wildman–Crippen MR) is 92.7 cm³/mol. The van der Waals surface area contributed by atoms with Gasteiger partial charge in [0.25, 0.3) is 0 Å². The Hall–Kier alpha value is -1.60. The summed E-state index contributed by atoms with van der Waals surface area (Å²) in [6.07, 6.45) is 5.30. The van der Waals surface area contributed by atoms with Crippen LogP contribution in [0.5, 0.6) is 5.75 Å². The molecule has 1 atom stereocenters. The number of carbonyl (C=O) groups excluding carboxylic acids is 1. The smallest absolute Gasteiger partial charge is 0.222 e. The first kappa shape index (κ1) is 18.7. The van der Waals surface area contributed by atoms with Crippen molar-refractivity contribution in [3.63, 3.8) is 0 Å². The molecule has 7 heteroatoms. The Labute approximate surface area is 143 Å². The van der Waals surface area contributed by atoms with Gasteiger partial charge in [-0.05, 0) is 49.9 Å². The van der Waals surface area contributed by atoms with E-state index in [-0.39, 0.29) is 16.8 Å². The number of likely N-dealkylation sites (tertiary alicyclic amines) is 1. The van der Waals surface area contributed by atoms with Gasteiger partial charge in [-0.25, -0.2) is 8.42 Å². The van der Waals surface area contributed by atoms with E-state index in [1.54, 1.807) is 12.1 Å². The average molecular weight is 354 g/mol. The number of nitrogens with zero attached hydrogens (tertiary/aromatic N) is 1. The molecule has 1 amide bonds. The zero-order valence-electron chi connectivity index (χ0n) is 14.1. The maximum atomic E-state index is 12.2. The number of carbonyl (C=O) groups is 1. The molecule has 0 bridgehead atoms. The highest BCUT2D eigenvalue weighted by atomic mass is 32.2. The predicted octanol–water partition coefficient (Wildman–Crippen LogP) is 1.59. The topological polar surface area (TPSA) is 89.7 Å². The molecule has 1 aromatic carbocycles. The minimum atomic E-state index is -3.18. The van der Waals surface area contributed by atoms with E-state index in [0.29, 0.717) is 25.3 Å². The number of rotatable bonds is 8. The van der Waals surface area contributed by atoms with Crippen molar-refractivity contribution in [3.05, 3.63) is 24.3 Å². The Bertz CT molecular complexity index is 643. The summed E-state index contributed by atoms with van der Waals surface area (Å²) in [7, 11) is -3.18. The van der Waals surface area contributed by atoms with Gasteiger partial charge in [-0.2, -0.15) is 0 Å². The van der Waals surface area contributed by atoms with Gasteiger partial charge in [0.1, 0.15) is 5.75 Å². The van der Waals surface area contributed by atoms with Crippen molar-refractivity contribution in [2.45, 2.75) is 43.0 Å². The van der Waals surface area contributed by atoms with Crippen LogP contribution in [0.1, 0.15) is 32.1 Å². The van der Waals surface area contributed by atoms with E-state index in [0.717, 1.165) is 32.2 Å². The fourth-order valence-corrected chi connectivity index (χ4v) is 3.53. The van der Waals surface area contributed by atoms with Crippen LogP contribution in [0.2, 0.25) is 0 Å². The summed E-state index contributed by atoms with van der Waals surface area (Å²) in [5, 5.41) is 0. The van der Waals surface area contributed by atoms with Crippen molar-refractivity contribution in [2.75, 3.05) is 26.0 Å². The maximum Gasteiger partial charge on any atom is 0.222 e. The van der Waals surface area contributed by atoms with Crippen LogP contribution in [0.25, 0.3) is 0 Å². The van der Waals surface area contributed by atoms with Gasteiger partial charge in [-0.15, -0.1) is 0 Å². The molecule has 0 aliphatic carbocycles. The number of nitrogens with two attached hydrogens (primary N) is 1. The van der Waals surface area contributed by atoms with Crippen LogP contribution in [0, 0.1) is 0 Å². The van der Waals surface area contributed by atoms with Crippen molar-refractivity contribution in [3.8, 4) is 5.75 Å². The highest BCUT2D eigenvalue weighted by Gasteiger charge is 2.26. The molecule has 1 aliphatic heterocycles. The van der Waals surface area contributed by atoms with Crippen LogP contribution in [0.4, 0.5) is 0 Å². The Balaban J connectivity index is 1.67. The van der Waals surface area contributed by atoms with Crippen LogP contribution >= 0.6 is 0 Å². The Morgan fingerprint density at radius 1 is 1.29 bits per heavy atom. The molecule has 1 aromatic rings. The van der Waals surface area contributed by atoms with Crippen molar-refractivity contribution >= 4 is 15.7 Å². The van der Waals surface area contributed by atoms with E-state index in [4.69, 9.17) is 10.5 Å². The zero-order chi connectivity index (χ0) is 17.6. The summed E-state index contributed by atoms with van der Waals surface area (Å²) in [6, 6.07) is 6.58. The van der Waals surface area contributed by atoms with E-state index in [9.17, 15) is 13.2 Å². The molecule has 1 saturated heterocycles. The van der Waals surface area contributed by atoms with E-state index < -0.39 is 9.84 Å². The van der Waals surface area contributed by atoms with E-state index in [1.807, 2.05) is 4.90 Å². The van der Waals surface area contributed by atoms with Crippen molar-refractivity contribution in [2.24, 2.45) is 5.73 Å². The molecule has 0 saturated carbocycles. The molecule has 0 spiro atoms. The number of sulfone groups is 1. The first-order chi connectivity index (χ1) is 11.4. The second-order valence-electron chi connectivity index (χ2n) is 6.17. The molecule has 0 aromatic heterocycles. The van der Waals surface area contributed by atoms with Crippen LogP contribution in [0.15, 0.2) is 29.2 Å². The van der Waals surface area contributed by atoms with Gasteiger partial charge in [0.15, 0.2) is 9.84 Å². The number of hydrogen-bond acceptors (Lipinski definition) is 5. The highest BCUT2D eigenvalue weighted by molar-refractivity contribution is 7.90.